The van der Waals surface area contributed by atoms with Crippen molar-refractivity contribution >= 4 is 5.91 Å². The number of nitrogens with one attached hydrogen (secondary N) is 1. The summed E-state index contributed by atoms with van der Waals surface area (Å²) < 4.78 is 11.5. The first kappa shape index (κ1) is 23.8. The fourth-order valence-electron chi connectivity index (χ4n) is 7.77. The highest BCUT2D eigenvalue weighted by molar-refractivity contribution is 5.97. The molecule has 0 saturated heterocycles. The van der Waals surface area contributed by atoms with Crippen molar-refractivity contribution in [2.24, 2.45) is 0 Å². The Balaban J connectivity index is 1.27. The van der Waals surface area contributed by atoms with E-state index in [1.807, 2.05) is 29.3 Å². The maximum Gasteiger partial charge on any atom is 0.268 e. The summed E-state index contributed by atoms with van der Waals surface area (Å²) in [7, 11) is 0. The first-order valence-electron chi connectivity index (χ1n) is 14.6. The highest BCUT2D eigenvalue weighted by atomic mass is 16.7. The Morgan fingerprint density at radius 2 is 1.29 bits per heavy atom. The Morgan fingerprint density at radius 1 is 0.667 bits per heavy atom. The molecular formula is C37H28N2O3. The summed E-state index contributed by atoms with van der Waals surface area (Å²) in [5.74, 6) is 1.69. The quantitative estimate of drug-likeness (QED) is 0.276. The molecule has 1 N–H and O–H groups in total. The van der Waals surface area contributed by atoms with E-state index in [1.165, 1.54) is 22.3 Å². The molecule has 0 radical (unpaired) electrons. The van der Waals surface area contributed by atoms with Crippen LogP contribution in [-0.2, 0) is 18.4 Å². The summed E-state index contributed by atoms with van der Waals surface area (Å²) in [6.07, 6.45) is 1.51. The van der Waals surface area contributed by atoms with Crippen LogP contribution in [0, 0.1) is 0 Å². The van der Waals surface area contributed by atoms with E-state index in [2.05, 4.69) is 96.4 Å². The number of hydrogen-bond acceptors (Lipinski definition) is 4. The van der Waals surface area contributed by atoms with Gasteiger partial charge in [0.15, 0.2) is 11.5 Å². The second kappa shape index (κ2) is 8.81. The van der Waals surface area contributed by atoms with Gasteiger partial charge in [0.1, 0.15) is 5.54 Å². The van der Waals surface area contributed by atoms with Gasteiger partial charge >= 0.3 is 0 Å². The van der Waals surface area contributed by atoms with Gasteiger partial charge in [-0.1, -0.05) is 97.1 Å². The SMILES string of the molecule is O=C1c2ccccc2C[C@H]2c3cc4c(cc3C[C@H]2N1NC1(c2ccccc2)c2ccccc2-c2ccccc21)OCO4. The first-order chi connectivity index (χ1) is 20.7. The van der Waals surface area contributed by atoms with Gasteiger partial charge in [-0.15, -0.1) is 0 Å². The average molecular weight is 549 g/mol. The van der Waals surface area contributed by atoms with Crippen molar-refractivity contribution in [3.8, 4) is 22.6 Å². The maximum absolute atomic E-state index is 14.7. The predicted molar refractivity (Wildman–Crippen MR) is 160 cm³/mol. The second-order valence-corrected chi connectivity index (χ2v) is 11.6. The lowest BCUT2D eigenvalue weighted by atomic mass is 9.81. The third-order valence-electron chi connectivity index (χ3n) is 9.61. The minimum atomic E-state index is -0.753. The van der Waals surface area contributed by atoms with E-state index in [0.29, 0.717) is 0 Å². The molecule has 5 aromatic rings. The summed E-state index contributed by atoms with van der Waals surface area (Å²) in [6.45, 7) is 0.250. The van der Waals surface area contributed by atoms with Crippen LogP contribution >= 0.6 is 0 Å². The molecule has 5 aromatic carbocycles. The summed E-state index contributed by atoms with van der Waals surface area (Å²) in [4.78, 5) is 14.7. The molecular weight excluding hydrogens is 520 g/mol. The average Bonchev–Trinajstić information content (AvgIpc) is 3.70. The van der Waals surface area contributed by atoms with Crippen molar-refractivity contribution < 1.29 is 14.3 Å². The molecule has 5 nitrogen and oxygen atoms in total. The number of hydrogen-bond donors (Lipinski definition) is 1. The van der Waals surface area contributed by atoms with Gasteiger partial charge in [0.25, 0.3) is 5.91 Å². The number of ether oxygens (including phenoxy) is 2. The topological polar surface area (TPSA) is 50.8 Å². The van der Waals surface area contributed by atoms with Crippen molar-refractivity contribution in [3.63, 3.8) is 0 Å². The molecule has 204 valence electrons. The van der Waals surface area contributed by atoms with E-state index in [9.17, 15) is 4.79 Å². The van der Waals surface area contributed by atoms with Gasteiger partial charge in [-0.25, -0.2) is 5.43 Å². The largest absolute Gasteiger partial charge is 0.454 e. The molecule has 0 saturated carbocycles. The van der Waals surface area contributed by atoms with E-state index >= 15 is 0 Å². The molecule has 2 aliphatic heterocycles. The molecule has 0 fully saturated rings. The lowest BCUT2D eigenvalue weighted by Crippen LogP contribution is -2.59. The molecule has 42 heavy (non-hydrogen) atoms. The molecule has 2 heterocycles. The molecule has 1 amide bonds. The number of hydrazine groups is 1. The second-order valence-electron chi connectivity index (χ2n) is 11.6. The van der Waals surface area contributed by atoms with Crippen LogP contribution < -0.4 is 14.9 Å². The summed E-state index contributed by atoms with van der Waals surface area (Å²) in [5, 5.41) is 1.97. The van der Waals surface area contributed by atoms with Gasteiger partial charge in [0.2, 0.25) is 6.79 Å². The molecule has 5 heteroatoms. The molecule has 9 rings (SSSR count). The Labute approximate surface area is 244 Å². The lowest BCUT2D eigenvalue weighted by molar-refractivity contribution is 0.0433. The van der Waals surface area contributed by atoms with Gasteiger partial charge in [0.05, 0.1) is 6.04 Å². The number of fused-ring (bicyclic) bond motifs is 8. The van der Waals surface area contributed by atoms with Crippen molar-refractivity contribution in [1.82, 2.24) is 10.4 Å². The summed E-state index contributed by atoms with van der Waals surface area (Å²) in [6, 6.07) is 40.0. The highest BCUT2D eigenvalue weighted by Gasteiger charge is 2.50. The molecule has 2 atom stereocenters. The third kappa shape index (κ3) is 3.20. The van der Waals surface area contributed by atoms with Crippen LogP contribution in [0.1, 0.15) is 49.7 Å². The van der Waals surface area contributed by atoms with Crippen LogP contribution in [0.25, 0.3) is 11.1 Å². The highest BCUT2D eigenvalue weighted by Crippen LogP contribution is 2.53. The number of carbonyl (C=O) groups is 1. The predicted octanol–water partition coefficient (Wildman–Crippen LogP) is 6.60. The minimum Gasteiger partial charge on any atom is -0.454 e. The van der Waals surface area contributed by atoms with Crippen molar-refractivity contribution in [3.05, 3.63) is 154 Å². The van der Waals surface area contributed by atoms with Crippen LogP contribution in [-0.4, -0.2) is 23.8 Å². The zero-order chi connectivity index (χ0) is 27.8. The molecule has 0 unspecified atom stereocenters. The Bertz CT molecular complexity index is 1850. The maximum atomic E-state index is 14.7. The standard InChI is InChI=1S/C37H28N2O3/c40-36-26-13-5-4-10-23(26)18-30-29-21-35-34(41-22-42-35)20-24(29)19-33(30)39(36)38-37(25-11-2-1-3-12-25)31-16-8-6-14-27(31)28-15-7-9-17-32(28)37/h1-17,20-21,30,33,38H,18-19,22H2/t30-,33+/m0/s1. The zero-order valence-corrected chi connectivity index (χ0v) is 22.9. The fourth-order valence-corrected chi connectivity index (χ4v) is 7.77. The Kier molecular flexibility index (Phi) is 4.99. The van der Waals surface area contributed by atoms with E-state index in [0.717, 1.165) is 52.2 Å². The summed E-state index contributed by atoms with van der Waals surface area (Å²) in [5.41, 5.74) is 13.3. The number of carbonyl (C=O) groups excluding carboxylic acids is 1. The van der Waals surface area contributed by atoms with Gasteiger partial charge in [-0.05, 0) is 75.5 Å². The van der Waals surface area contributed by atoms with E-state index in [4.69, 9.17) is 9.47 Å². The van der Waals surface area contributed by atoms with E-state index < -0.39 is 5.54 Å². The molecule has 4 aliphatic rings. The molecule has 0 bridgehead atoms. The van der Waals surface area contributed by atoms with Crippen molar-refractivity contribution in [1.29, 1.82) is 0 Å². The normalized spacial score (nSPS) is 20.3. The first-order valence-corrected chi connectivity index (χ1v) is 14.6. The van der Waals surface area contributed by atoms with Crippen LogP contribution in [0.15, 0.2) is 115 Å². The monoisotopic (exact) mass is 548 g/mol. The van der Waals surface area contributed by atoms with Crippen LogP contribution in [0.5, 0.6) is 11.5 Å². The minimum absolute atomic E-state index is 0.00288. The van der Waals surface area contributed by atoms with Gasteiger partial charge in [-0.2, -0.15) is 0 Å². The fraction of sp³-hybridized carbons (Fsp3) is 0.162. The van der Waals surface area contributed by atoms with Gasteiger partial charge in [0, 0.05) is 11.5 Å². The lowest BCUT2D eigenvalue weighted by Gasteiger charge is -2.42. The Hall–Kier alpha value is -4.87. The van der Waals surface area contributed by atoms with Crippen molar-refractivity contribution in [2.45, 2.75) is 30.3 Å². The summed E-state index contributed by atoms with van der Waals surface area (Å²) >= 11 is 0. The smallest absolute Gasteiger partial charge is 0.268 e. The number of nitrogens with zero attached hydrogens (tertiary/aromatic N) is 1. The van der Waals surface area contributed by atoms with Gasteiger partial charge in [-0.3, -0.25) is 9.80 Å². The molecule has 0 spiro atoms. The number of amides is 1. The molecule has 0 aromatic heterocycles. The van der Waals surface area contributed by atoms with Crippen molar-refractivity contribution in [2.75, 3.05) is 6.79 Å². The Morgan fingerprint density at radius 3 is 2.02 bits per heavy atom. The van der Waals surface area contributed by atoms with E-state index in [1.54, 1.807) is 0 Å². The number of benzene rings is 5. The van der Waals surface area contributed by atoms with Gasteiger partial charge < -0.3 is 9.47 Å². The molecule has 2 aliphatic carbocycles. The number of rotatable bonds is 3. The van der Waals surface area contributed by atoms with Crippen LogP contribution in [0.4, 0.5) is 0 Å². The third-order valence-corrected chi connectivity index (χ3v) is 9.61. The van der Waals surface area contributed by atoms with E-state index in [-0.39, 0.29) is 24.7 Å². The van der Waals surface area contributed by atoms with Crippen LogP contribution in [0.3, 0.4) is 0 Å². The van der Waals surface area contributed by atoms with Crippen LogP contribution in [0.2, 0.25) is 0 Å². The zero-order valence-electron chi connectivity index (χ0n) is 22.9.